The average Bonchev–Trinajstić information content (AvgIpc) is 2.87. The van der Waals surface area contributed by atoms with Crippen molar-refractivity contribution in [2.45, 2.75) is 44.9 Å². The van der Waals surface area contributed by atoms with E-state index in [0.29, 0.717) is 6.54 Å². The highest BCUT2D eigenvalue weighted by Gasteiger charge is 2.08. The van der Waals surface area contributed by atoms with Crippen molar-refractivity contribution in [1.29, 1.82) is 0 Å². The van der Waals surface area contributed by atoms with Crippen molar-refractivity contribution in [2.75, 3.05) is 26.2 Å². The van der Waals surface area contributed by atoms with Crippen molar-refractivity contribution in [1.82, 2.24) is 4.90 Å². The van der Waals surface area contributed by atoms with Gasteiger partial charge in [0.1, 0.15) is 5.75 Å². The molecular weight excluding hydrogens is 422 g/mol. The molecule has 3 aromatic rings. The van der Waals surface area contributed by atoms with Gasteiger partial charge in [-0.15, -0.1) is 0 Å². The zero-order chi connectivity index (χ0) is 23.8. The van der Waals surface area contributed by atoms with E-state index < -0.39 is 5.97 Å². The minimum absolute atomic E-state index is 0.196. The van der Waals surface area contributed by atoms with Crippen molar-refractivity contribution in [3.8, 4) is 5.75 Å². The van der Waals surface area contributed by atoms with Gasteiger partial charge in [0.25, 0.3) is 0 Å². The summed E-state index contributed by atoms with van der Waals surface area (Å²) in [5, 5.41) is 9.09. The first-order valence-electron chi connectivity index (χ1n) is 12.4. The molecule has 0 aliphatic carbocycles. The molecule has 4 heteroatoms. The molecule has 180 valence electrons. The topological polar surface area (TPSA) is 49.8 Å². The molecule has 0 aliphatic rings. The summed E-state index contributed by atoms with van der Waals surface area (Å²) in [5.74, 6) is 0.188. The van der Waals surface area contributed by atoms with E-state index in [1.54, 1.807) is 0 Å². The number of hydrogen-bond donors (Lipinski definition) is 1. The maximum Gasteiger partial charge on any atom is 0.304 e. The molecule has 0 spiro atoms. The molecule has 4 nitrogen and oxygen atoms in total. The zero-order valence-corrected chi connectivity index (χ0v) is 20.1. The Kier molecular flexibility index (Phi) is 11.2. The van der Waals surface area contributed by atoms with E-state index in [1.165, 1.54) is 16.7 Å². The Balaban J connectivity index is 1.35. The fourth-order valence-electron chi connectivity index (χ4n) is 4.11. The van der Waals surface area contributed by atoms with Gasteiger partial charge in [-0.05, 0) is 80.4 Å². The Bertz CT molecular complexity index is 942. The first kappa shape index (κ1) is 25.5. The molecule has 0 saturated heterocycles. The maximum absolute atomic E-state index is 11.1. The van der Waals surface area contributed by atoms with Crippen molar-refractivity contribution < 1.29 is 14.6 Å². The molecular formula is C30H37NO3. The Hall–Kier alpha value is -3.11. The average molecular weight is 460 g/mol. The fraction of sp³-hybridized carbons (Fsp3) is 0.367. The van der Waals surface area contributed by atoms with Crippen LogP contribution in [0.15, 0.2) is 84.9 Å². The molecule has 3 aromatic carbocycles. The first-order valence-corrected chi connectivity index (χ1v) is 12.4. The van der Waals surface area contributed by atoms with Crippen molar-refractivity contribution in [2.24, 2.45) is 0 Å². The summed E-state index contributed by atoms with van der Waals surface area (Å²) in [6.45, 7) is 3.17. The van der Waals surface area contributed by atoms with Gasteiger partial charge in [0.15, 0.2) is 0 Å². The van der Waals surface area contributed by atoms with Crippen LogP contribution in [0.5, 0.6) is 5.75 Å². The lowest BCUT2D eigenvalue weighted by Crippen LogP contribution is -2.29. The number of hydrogen-bond acceptors (Lipinski definition) is 3. The second-order valence-electron chi connectivity index (χ2n) is 8.76. The van der Waals surface area contributed by atoms with E-state index in [2.05, 4.69) is 77.7 Å². The summed E-state index contributed by atoms with van der Waals surface area (Å²) in [4.78, 5) is 13.3. The van der Waals surface area contributed by atoms with Crippen LogP contribution in [0, 0.1) is 0 Å². The lowest BCUT2D eigenvalue weighted by atomic mass is 10.1. The van der Waals surface area contributed by atoms with Crippen LogP contribution in [0.2, 0.25) is 0 Å². The quantitative estimate of drug-likeness (QED) is 0.265. The third-order valence-electron chi connectivity index (χ3n) is 6.01. The van der Waals surface area contributed by atoms with Gasteiger partial charge in [0.2, 0.25) is 0 Å². The van der Waals surface area contributed by atoms with Crippen LogP contribution in [0.3, 0.4) is 0 Å². The molecule has 0 aromatic heterocycles. The normalized spacial score (nSPS) is 11.0. The lowest BCUT2D eigenvalue weighted by molar-refractivity contribution is -0.137. The third kappa shape index (κ3) is 10.2. The number of ether oxygens (including phenoxy) is 1. The molecule has 0 amide bonds. The van der Waals surface area contributed by atoms with E-state index in [9.17, 15) is 4.79 Å². The van der Waals surface area contributed by atoms with Crippen LogP contribution < -0.4 is 4.74 Å². The molecule has 0 fully saturated rings. The van der Waals surface area contributed by atoms with Gasteiger partial charge >= 0.3 is 5.97 Å². The van der Waals surface area contributed by atoms with Gasteiger partial charge < -0.3 is 14.7 Å². The predicted molar refractivity (Wildman–Crippen MR) is 138 cm³/mol. The van der Waals surface area contributed by atoms with Gasteiger partial charge in [0.05, 0.1) is 13.0 Å². The molecule has 34 heavy (non-hydrogen) atoms. The van der Waals surface area contributed by atoms with E-state index >= 15 is 0 Å². The molecule has 3 rings (SSSR count). The molecule has 0 aliphatic heterocycles. The molecule has 1 N–H and O–H groups in total. The zero-order valence-electron chi connectivity index (χ0n) is 20.1. The fourth-order valence-corrected chi connectivity index (χ4v) is 4.11. The second-order valence-corrected chi connectivity index (χ2v) is 8.76. The SMILES string of the molecule is O=C(O)CCN(CCCc1ccccc1)CCCc1ccc(OCCCc2ccccc2)cc1. The number of carbonyl (C=O) groups is 1. The Morgan fingerprint density at radius 2 is 1.15 bits per heavy atom. The highest BCUT2D eigenvalue weighted by Crippen LogP contribution is 2.15. The summed E-state index contributed by atoms with van der Waals surface area (Å²) in [5.41, 5.74) is 3.97. The first-order chi connectivity index (χ1) is 16.7. The maximum atomic E-state index is 11.1. The van der Waals surface area contributed by atoms with Crippen LogP contribution in [-0.2, 0) is 24.1 Å². The van der Waals surface area contributed by atoms with Gasteiger partial charge in [0, 0.05) is 6.54 Å². The van der Waals surface area contributed by atoms with Gasteiger partial charge in [-0.1, -0.05) is 72.8 Å². The predicted octanol–water partition coefficient (Wildman–Crippen LogP) is 6.04. The third-order valence-corrected chi connectivity index (χ3v) is 6.01. The summed E-state index contributed by atoms with van der Waals surface area (Å²) >= 11 is 0. The number of benzene rings is 3. The van der Waals surface area contributed by atoms with Crippen molar-refractivity contribution in [3.05, 3.63) is 102 Å². The number of carboxylic acids is 1. The molecule has 0 radical (unpaired) electrons. The van der Waals surface area contributed by atoms with Crippen LogP contribution in [0.25, 0.3) is 0 Å². The number of rotatable bonds is 16. The molecule has 0 bridgehead atoms. The highest BCUT2D eigenvalue weighted by molar-refractivity contribution is 5.66. The largest absolute Gasteiger partial charge is 0.494 e. The van der Waals surface area contributed by atoms with E-state index in [1.807, 2.05) is 12.1 Å². The monoisotopic (exact) mass is 459 g/mol. The van der Waals surface area contributed by atoms with Crippen molar-refractivity contribution >= 4 is 5.97 Å². The molecule has 0 atom stereocenters. The Morgan fingerprint density at radius 1 is 0.647 bits per heavy atom. The van der Waals surface area contributed by atoms with Crippen LogP contribution in [-0.4, -0.2) is 42.2 Å². The number of aryl methyl sites for hydroxylation is 3. The Labute approximate surface area is 204 Å². The Morgan fingerprint density at radius 3 is 1.68 bits per heavy atom. The van der Waals surface area contributed by atoms with Gasteiger partial charge in [-0.25, -0.2) is 0 Å². The van der Waals surface area contributed by atoms with Crippen LogP contribution in [0.4, 0.5) is 0 Å². The van der Waals surface area contributed by atoms with Crippen LogP contribution >= 0.6 is 0 Å². The minimum Gasteiger partial charge on any atom is -0.494 e. The molecule has 0 heterocycles. The summed E-state index contributed by atoms with van der Waals surface area (Å²) in [6, 6.07) is 29.4. The standard InChI is InChI=1S/C30H37NO3/c32-30(33)21-24-31(22-7-14-26-10-3-1-4-11-26)23-8-15-28-17-19-29(20-18-28)34-25-9-16-27-12-5-2-6-13-27/h1-6,10-13,17-20H,7-9,14-16,21-25H2,(H,32,33). The number of carboxylic acid groups (broad SMARTS) is 1. The number of aliphatic carboxylic acids is 1. The van der Waals surface area contributed by atoms with Gasteiger partial charge in [-0.2, -0.15) is 0 Å². The summed E-state index contributed by atoms with van der Waals surface area (Å²) < 4.78 is 5.90. The van der Waals surface area contributed by atoms with Crippen LogP contribution in [0.1, 0.15) is 42.4 Å². The van der Waals surface area contributed by atoms with Gasteiger partial charge in [-0.3, -0.25) is 4.79 Å². The highest BCUT2D eigenvalue weighted by atomic mass is 16.5. The summed E-state index contributed by atoms with van der Waals surface area (Å²) in [6.07, 6.45) is 6.29. The molecule has 0 unspecified atom stereocenters. The number of nitrogens with zero attached hydrogens (tertiary/aromatic N) is 1. The van der Waals surface area contributed by atoms with Crippen molar-refractivity contribution in [3.63, 3.8) is 0 Å². The lowest BCUT2D eigenvalue weighted by Gasteiger charge is -2.21. The minimum atomic E-state index is -0.729. The second kappa shape index (κ2) is 14.9. The smallest absolute Gasteiger partial charge is 0.304 e. The van der Waals surface area contributed by atoms with E-state index in [0.717, 1.165) is 64.0 Å². The van der Waals surface area contributed by atoms with E-state index in [-0.39, 0.29) is 6.42 Å². The summed E-state index contributed by atoms with van der Waals surface area (Å²) in [7, 11) is 0. The van der Waals surface area contributed by atoms with E-state index in [4.69, 9.17) is 9.84 Å². The molecule has 0 saturated carbocycles.